The minimum atomic E-state index is -0.469. The molecule has 0 unspecified atom stereocenters. The number of methoxy groups -OCH3 is 1. The van der Waals surface area contributed by atoms with Crippen LogP contribution < -0.4 is 10.6 Å². The van der Waals surface area contributed by atoms with Gasteiger partial charge in [0, 0.05) is 25.2 Å². The monoisotopic (exact) mass is 387 g/mol. The topological polar surface area (TPSA) is 118 Å². The maximum atomic E-state index is 12.5. The molecule has 1 saturated carbocycles. The Balaban J connectivity index is 1.48. The summed E-state index contributed by atoms with van der Waals surface area (Å²) in [7, 11) is 3.20. The average molecular weight is 387 g/mol. The van der Waals surface area contributed by atoms with Crippen LogP contribution in [0.2, 0.25) is 0 Å². The molecule has 2 aromatic heterocycles. The van der Waals surface area contributed by atoms with Crippen molar-refractivity contribution in [3.8, 4) is 11.4 Å². The zero-order chi connectivity index (χ0) is 20.1. The van der Waals surface area contributed by atoms with E-state index in [2.05, 4.69) is 25.6 Å². The lowest BCUT2D eigenvalue weighted by Gasteiger charge is -2.28. The molecule has 0 radical (unpaired) electrons. The minimum Gasteiger partial charge on any atom is -0.468 e. The lowest BCUT2D eigenvalue weighted by Crippen LogP contribution is -2.42. The first-order valence-corrected chi connectivity index (χ1v) is 9.30. The fourth-order valence-electron chi connectivity index (χ4n) is 3.44. The normalized spacial score (nSPS) is 19.1. The van der Waals surface area contributed by atoms with Gasteiger partial charge < -0.3 is 19.9 Å². The number of ether oxygens (including phenoxy) is 1. The first-order valence-electron chi connectivity index (χ1n) is 9.30. The van der Waals surface area contributed by atoms with Crippen molar-refractivity contribution >= 4 is 17.8 Å². The van der Waals surface area contributed by atoms with Crippen LogP contribution in [0, 0.1) is 5.92 Å². The molecule has 9 heteroatoms. The summed E-state index contributed by atoms with van der Waals surface area (Å²) >= 11 is 0. The van der Waals surface area contributed by atoms with Gasteiger partial charge in [0.2, 0.25) is 5.91 Å². The van der Waals surface area contributed by atoms with Gasteiger partial charge in [0.15, 0.2) is 0 Å². The molecule has 2 aromatic rings. The molecule has 1 fully saturated rings. The van der Waals surface area contributed by atoms with Crippen LogP contribution in [0.4, 0.5) is 0 Å². The van der Waals surface area contributed by atoms with E-state index in [-0.39, 0.29) is 30.3 Å². The molecule has 3 rings (SSSR count). The van der Waals surface area contributed by atoms with E-state index < -0.39 is 5.97 Å². The third-order valence-electron chi connectivity index (χ3n) is 5.10. The maximum absolute atomic E-state index is 12.5. The fourth-order valence-corrected chi connectivity index (χ4v) is 3.44. The number of carbonyl (C=O) groups excluding carboxylic acids is 3. The molecule has 9 nitrogen and oxygen atoms in total. The summed E-state index contributed by atoms with van der Waals surface area (Å²) in [6.45, 7) is -0.116. The van der Waals surface area contributed by atoms with Crippen LogP contribution in [-0.4, -0.2) is 52.2 Å². The lowest BCUT2D eigenvalue weighted by atomic mass is 9.85. The van der Waals surface area contributed by atoms with Gasteiger partial charge in [-0.25, -0.2) is 0 Å². The molecule has 3 N–H and O–H groups in total. The molecule has 0 aromatic carbocycles. The van der Waals surface area contributed by atoms with Crippen molar-refractivity contribution in [3.63, 3.8) is 0 Å². The summed E-state index contributed by atoms with van der Waals surface area (Å²) in [6.07, 6.45) is 4.66. The molecule has 0 bridgehead atoms. The third kappa shape index (κ3) is 4.59. The lowest BCUT2D eigenvalue weighted by molar-refractivity contribution is -0.141. The second-order valence-corrected chi connectivity index (χ2v) is 6.99. The summed E-state index contributed by atoms with van der Waals surface area (Å²) in [4.78, 5) is 35.7. The quantitative estimate of drug-likeness (QED) is 0.639. The van der Waals surface area contributed by atoms with E-state index in [0.717, 1.165) is 5.69 Å². The molecule has 1 aliphatic rings. The largest absolute Gasteiger partial charge is 0.468 e. The van der Waals surface area contributed by atoms with Gasteiger partial charge in [0.1, 0.15) is 17.9 Å². The minimum absolute atomic E-state index is 0.0129. The highest BCUT2D eigenvalue weighted by molar-refractivity contribution is 5.93. The number of hydrogen-bond donors (Lipinski definition) is 3. The summed E-state index contributed by atoms with van der Waals surface area (Å²) in [5, 5.41) is 12.6. The number of nitrogens with zero attached hydrogens (tertiary/aromatic N) is 2. The molecule has 28 heavy (non-hydrogen) atoms. The van der Waals surface area contributed by atoms with Crippen LogP contribution >= 0.6 is 0 Å². The number of nitrogens with one attached hydrogen (secondary N) is 3. The van der Waals surface area contributed by atoms with Gasteiger partial charge in [-0.15, -0.1) is 0 Å². The van der Waals surface area contributed by atoms with Gasteiger partial charge in [-0.2, -0.15) is 5.10 Å². The van der Waals surface area contributed by atoms with E-state index in [1.807, 2.05) is 29.9 Å². The Bertz CT molecular complexity index is 848. The van der Waals surface area contributed by atoms with Crippen molar-refractivity contribution in [1.29, 1.82) is 0 Å². The molecule has 0 aliphatic heterocycles. The van der Waals surface area contributed by atoms with Crippen LogP contribution in [0.3, 0.4) is 0 Å². The predicted molar refractivity (Wildman–Crippen MR) is 101 cm³/mol. The number of amides is 2. The first kappa shape index (κ1) is 19.7. The summed E-state index contributed by atoms with van der Waals surface area (Å²) < 4.78 is 6.45. The molecule has 0 spiro atoms. The van der Waals surface area contributed by atoms with Gasteiger partial charge in [-0.3, -0.25) is 19.5 Å². The van der Waals surface area contributed by atoms with Crippen molar-refractivity contribution in [3.05, 3.63) is 30.1 Å². The van der Waals surface area contributed by atoms with Gasteiger partial charge in [-0.1, -0.05) is 0 Å². The molecule has 2 amide bonds. The number of aryl methyl sites for hydroxylation is 1. The molecule has 2 heterocycles. The van der Waals surface area contributed by atoms with Crippen molar-refractivity contribution < 1.29 is 19.1 Å². The third-order valence-corrected chi connectivity index (χ3v) is 5.10. The van der Waals surface area contributed by atoms with E-state index in [1.54, 1.807) is 6.07 Å². The van der Waals surface area contributed by atoms with Crippen LogP contribution in [-0.2, 0) is 21.4 Å². The molecule has 0 atom stereocenters. The maximum Gasteiger partial charge on any atom is 0.325 e. The number of carbonyl (C=O) groups is 3. The Morgan fingerprint density at radius 3 is 2.68 bits per heavy atom. The van der Waals surface area contributed by atoms with Gasteiger partial charge in [-0.05, 0) is 43.9 Å². The zero-order valence-electron chi connectivity index (χ0n) is 16.0. The SMILES string of the molecule is COC(=O)CNC(=O)C1CCC(NC(=O)c2cc(-c3cccn3C)n[nH]2)CC1. The van der Waals surface area contributed by atoms with Crippen molar-refractivity contribution in [2.24, 2.45) is 13.0 Å². The van der Waals surface area contributed by atoms with Crippen molar-refractivity contribution in [1.82, 2.24) is 25.4 Å². The average Bonchev–Trinajstić information content (AvgIpc) is 3.35. The number of aromatic nitrogens is 3. The predicted octanol–water partition coefficient (Wildman–Crippen LogP) is 0.993. The number of hydrogen-bond acceptors (Lipinski definition) is 5. The van der Waals surface area contributed by atoms with E-state index in [9.17, 15) is 14.4 Å². The Morgan fingerprint density at radius 1 is 1.29 bits per heavy atom. The summed E-state index contributed by atoms with van der Waals surface area (Å²) in [5.41, 5.74) is 2.05. The Morgan fingerprint density at radius 2 is 2.04 bits per heavy atom. The fraction of sp³-hybridized carbons (Fsp3) is 0.474. The Labute approximate surface area is 162 Å². The van der Waals surface area contributed by atoms with E-state index in [0.29, 0.717) is 37.1 Å². The second kappa shape index (κ2) is 8.73. The molecular formula is C19H25N5O4. The summed E-state index contributed by atoms with van der Waals surface area (Å²) in [5.74, 6) is -0.958. The molecule has 150 valence electrons. The molecule has 0 saturated heterocycles. The number of esters is 1. The van der Waals surface area contributed by atoms with Crippen LogP contribution in [0.15, 0.2) is 24.4 Å². The van der Waals surface area contributed by atoms with Crippen LogP contribution in [0.1, 0.15) is 36.2 Å². The van der Waals surface area contributed by atoms with E-state index in [4.69, 9.17) is 0 Å². The Hall–Kier alpha value is -3.10. The van der Waals surface area contributed by atoms with Crippen molar-refractivity contribution in [2.45, 2.75) is 31.7 Å². The van der Waals surface area contributed by atoms with Gasteiger partial charge >= 0.3 is 5.97 Å². The van der Waals surface area contributed by atoms with Crippen LogP contribution in [0.5, 0.6) is 0 Å². The first-order chi connectivity index (χ1) is 13.5. The number of H-pyrrole nitrogens is 1. The molecular weight excluding hydrogens is 362 g/mol. The van der Waals surface area contributed by atoms with Gasteiger partial charge in [0.25, 0.3) is 5.91 Å². The standard InChI is InChI=1S/C19H25N5O4/c1-24-9-3-4-16(24)14-10-15(23-22-14)19(27)21-13-7-5-12(6-8-13)18(26)20-11-17(25)28-2/h3-4,9-10,12-13H,5-8,11H2,1-2H3,(H,20,26)(H,21,27)(H,22,23). The second-order valence-electron chi connectivity index (χ2n) is 6.99. The smallest absolute Gasteiger partial charge is 0.325 e. The number of rotatable bonds is 6. The highest BCUT2D eigenvalue weighted by Crippen LogP contribution is 2.25. The number of aromatic amines is 1. The Kier molecular flexibility index (Phi) is 6.13. The molecule has 1 aliphatic carbocycles. The van der Waals surface area contributed by atoms with Crippen molar-refractivity contribution in [2.75, 3.05) is 13.7 Å². The highest BCUT2D eigenvalue weighted by atomic mass is 16.5. The summed E-state index contributed by atoms with van der Waals surface area (Å²) in [6, 6.07) is 5.60. The van der Waals surface area contributed by atoms with Crippen LogP contribution in [0.25, 0.3) is 11.4 Å². The van der Waals surface area contributed by atoms with Gasteiger partial charge in [0.05, 0.1) is 12.8 Å². The zero-order valence-corrected chi connectivity index (χ0v) is 16.0. The highest BCUT2D eigenvalue weighted by Gasteiger charge is 2.28. The van der Waals surface area contributed by atoms with E-state index in [1.165, 1.54) is 7.11 Å². The van der Waals surface area contributed by atoms with E-state index >= 15 is 0 Å².